The van der Waals surface area contributed by atoms with Crippen LogP contribution in [0.3, 0.4) is 0 Å². The standard InChI is InChI=1S/C26H30FN5O2/c1-18-15-22(32-13-2-3-14-32)10-11-23(18)28-24(33)17-31-12-4-5-20(16-31)26-29-25(30-34-26)19-6-8-21(27)9-7-19/h6-11,15,20H,2-5,12-14,16-17H2,1H3,(H,28,33). The van der Waals surface area contributed by atoms with Gasteiger partial charge in [0, 0.05) is 36.6 Å². The highest BCUT2D eigenvalue weighted by atomic mass is 19.1. The summed E-state index contributed by atoms with van der Waals surface area (Å²) in [6.07, 6.45) is 4.37. The molecule has 178 valence electrons. The lowest BCUT2D eigenvalue weighted by Crippen LogP contribution is -2.39. The normalized spacial score (nSPS) is 18.9. The molecule has 2 aromatic carbocycles. The summed E-state index contributed by atoms with van der Waals surface area (Å²) >= 11 is 0. The molecule has 0 radical (unpaired) electrons. The first-order valence-electron chi connectivity index (χ1n) is 12.0. The van der Waals surface area contributed by atoms with Crippen molar-refractivity contribution in [3.05, 3.63) is 59.7 Å². The molecule has 5 rings (SSSR count). The molecular weight excluding hydrogens is 433 g/mol. The zero-order valence-corrected chi connectivity index (χ0v) is 19.5. The molecule has 1 unspecified atom stereocenters. The maximum Gasteiger partial charge on any atom is 0.238 e. The molecule has 0 spiro atoms. The first-order chi connectivity index (χ1) is 16.5. The van der Waals surface area contributed by atoms with Crippen molar-refractivity contribution in [2.45, 2.75) is 38.5 Å². The molecule has 3 heterocycles. The van der Waals surface area contributed by atoms with Gasteiger partial charge in [0.15, 0.2) is 0 Å². The summed E-state index contributed by atoms with van der Waals surface area (Å²) < 4.78 is 18.7. The second kappa shape index (κ2) is 9.93. The van der Waals surface area contributed by atoms with Gasteiger partial charge in [-0.1, -0.05) is 5.16 Å². The Morgan fingerprint density at radius 3 is 2.68 bits per heavy atom. The summed E-state index contributed by atoms with van der Waals surface area (Å²) in [5, 5.41) is 7.15. The largest absolute Gasteiger partial charge is 0.372 e. The monoisotopic (exact) mass is 463 g/mol. The van der Waals surface area contributed by atoms with Crippen LogP contribution in [0.2, 0.25) is 0 Å². The van der Waals surface area contributed by atoms with E-state index in [1.807, 2.05) is 13.0 Å². The molecule has 0 aliphatic carbocycles. The van der Waals surface area contributed by atoms with Crippen molar-refractivity contribution >= 4 is 17.3 Å². The molecule has 1 N–H and O–H groups in total. The highest BCUT2D eigenvalue weighted by Crippen LogP contribution is 2.28. The van der Waals surface area contributed by atoms with Gasteiger partial charge in [-0.3, -0.25) is 9.69 Å². The number of aromatic nitrogens is 2. The Hall–Kier alpha value is -3.26. The number of aryl methyl sites for hydroxylation is 1. The number of hydrogen-bond acceptors (Lipinski definition) is 6. The zero-order chi connectivity index (χ0) is 23.5. The number of anilines is 2. The van der Waals surface area contributed by atoms with Crippen molar-refractivity contribution in [1.82, 2.24) is 15.0 Å². The lowest BCUT2D eigenvalue weighted by atomic mass is 9.98. The molecule has 2 fully saturated rings. The second-order valence-corrected chi connectivity index (χ2v) is 9.28. The third-order valence-electron chi connectivity index (χ3n) is 6.72. The fourth-order valence-corrected chi connectivity index (χ4v) is 4.87. The molecule has 1 amide bonds. The van der Waals surface area contributed by atoms with Crippen LogP contribution in [0, 0.1) is 12.7 Å². The maximum absolute atomic E-state index is 13.2. The topological polar surface area (TPSA) is 74.5 Å². The molecule has 3 aromatic rings. The summed E-state index contributed by atoms with van der Waals surface area (Å²) in [6.45, 7) is 6.11. The predicted octanol–water partition coefficient (Wildman–Crippen LogP) is 4.60. The number of carbonyl (C=O) groups is 1. The van der Waals surface area contributed by atoms with Crippen molar-refractivity contribution < 1.29 is 13.7 Å². The highest BCUT2D eigenvalue weighted by Gasteiger charge is 2.27. The van der Waals surface area contributed by atoms with E-state index in [2.05, 4.69) is 37.4 Å². The van der Waals surface area contributed by atoms with Crippen LogP contribution in [0.15, 0.2) is 47.0 Å². The van der Waals surface area contributed by atoms with E-state index < -0.39 is 0 Å². The Balaban J connectivity index is 1.18. The third kappa shape index (κ3) is 5.12. The summed E-state index contributed by atoms with van der Waals surface area (Å²) in [5.41, 5.74) is 3.89. The quantitative estimate of drug-likeness (QED) is 0.576. The number of benzene rings is 2. The lowest BCUT2D eigenvalue weighted by molar-refractivity contribution is -0.117. The molecular formula is C26H30FN5O2. The van der Waals surface area contributed by atoms with Crippen LogP contribution in [0.5, 0.6) is 0 Å². The van der Waals surface area contributed by atoms with Crippen LogP contribution >= 0.6 is 0 Å². The number of nitrogens with one attached hydrogen (secondary N) is 1. The Kier molecular flexibility index (Phi) is 6.58. The summed E-state index contributed by atoms with van der Waals surface area (Å²) in [4.78, 5) is 21.9. The van der Waals surface area contributed by atoms with E-state index in [0.29, 0.717) is 24.8 Å². The molecule has 2 aliphatic heterocycles. The Morgan fingerprint density at radius 1 is 1.12 bits per heavy atom. The molecule has 2 aliphatic rings. The Bertz CT molecular complexity index is 1140. The Morgan fingerprint density at radius 2 is 1.91 bits per heavy atom. The van der Waals surface area contributed by atoms with Gasteiger partial charge in [0.2, 0.25) is 17.6 Å². The zero-order valence-electron chi connectivity index (χ0n) is 19.5. The average Bonchev–Trinajstić information content (AvgIpc) is 3.54. The summed E-state index contributed by atoms with van der Waals surface area (Å²) in [5.74, 6) is 0.779. The van der Waals surface area contributed by atoms with Crippen molar-refractivity contribution in [3.63, 3.8) is 0 Å². The Labute approximate surface area is 198 Å². The SMILES string of the molecule is Cc1cc(N2CCCC2)ccc1NC(=O)CN1CCCC(c2nc(-c3ccc(F)cc3)no2)C1. The lowest BCUT2D eigenvalue weighted by Gasteiger charge is -2.30. The van der Waals surface area contributed by atoms with Crippen molar-refractivity contribution in [1.29, 1.82) is 0 Å². The van der Waals surface area contributed by atoms with Crippen LogP contribution in [-0.2, 0) is 4.79 Å². The number of nitrogens with zero attached hydrogens (tertiary/aromatic N) is 4. The summed E-state index contributed by atoms with van der Waals surface area (Å²) in [6, 6.07) is 12.3. The summed E-state index contributed by atoms with van der Waals surface area (Å²) in [7, 11) is 0. The van der Waals surface area contributed by atoms with E-state index in [9.17, 15) is 9.18 Å². The van der Waals surface area contributed by atoms with E-state index in [0.717, 1.165) is 49.3 Å². The molecule has 0 saturated carbocycles. The van der Waals surface area contributed by atoms with Gasteiger partial charge >= 0.3 is 0 Å². The predicted molar refractivity (Wildman–Crippen MR) is 129 cm³/mol. The van der Waals surface area contributed by atoms with Gasteiger partial charge in [0.1, 0.15) is 5.82 Å². The molecule has 1 aromatic heterocycles. The molecule has 8 heteroatoms. The number of carbonyl (C=O) groups excluding carboxylic acids is 1. The van der Waals surface area contributed by atoms with Crippen LogP contribution in [-0.4, -0.2) is 53.7 Å². The smallest absolute Gasteiger partial charge is 0.238 e. The molecule has 34 heavy (non-hydrogen) atoms. The number of hydrogen-bond donors (Lipinski definition) is 1. The first-order valence-corrected chi connectivity index (χ1v) is 12.0. The molecule has 2 saturated heterocycles. The fraction of sp³-hybridized carbons (Fsp3) is 0.423. The van der Waals surface area contributed by atoms with E-state index in [4.69, 9.17) is 4.52 Å². The molecule has 7 nitrogen and oxygen atoms in total. The number of rotatable bonds is 6. The van der Waals surface area contributed by atoms with Gasteiger partial charge in [0.25, 0.3) is 0 Å². The number of likely N-dealkylation sites (tertiary alicyclic amines) is 1. The van der Waals surface area contributed by atoms with Gasteiger partial charge < -0.3 is 14.7 Å². The fourth-order valence-electron chi connectivity index (χ4n) is 4.87. The van der Waals surface area contributed by atoms with E-state index in [-0.39, 0.29) is 17.6 Å². The van der Waals surface area contributed by atoms with E-state index in [1.54, 1.807) is 12.1 Å². The van der Waals surface area contributed by atoms with Crippen molar-refractivity contribution in [3.8, 4) is 11.4 Å². The molecule has 1 atom stereocenters. The van der Waals surface area contributed by atoms with E-state index in [1.165, 1.54) is 30.7 Å². The second-order valence-electron chi connectivity index (χ2n) is 9.28. The minimum Gasteiger partial charge on any atom is -0.372 e. The van der Waals surface area contributed by atoms with Crippen molar-refractivity contribution in [2.24, 2.45) is 0 Å². The van der Waals surface area contributed by atoms with Gasteiger partial charge in [-0.15, -0.1) is 0 Å². The highest BCUT2D eigenvalue weighted by molar-refractivity contribution is 5.93. The van der Waals surface area contributed by atoms with Crippen LogP contribution in [0.1, 0.15) is 43.1 Å². The van der Waals surface area contributed by atoms with Crippen LogP contribution in [0.4, 0.5) is 15.8 Å². The van der Waals surface area contributed by atoms with Crippen LogP contribution in [0.25, 0.3) is 11.4 Å². The van der Waals surface area contributed by atoms with Crippen molar-refractivity contribution in [2.75, 3.05) is 42.9 Å². The minimum absolute atomic E-state index is 0.0183. The third-order valence-corrected chi connectivity index (χ3v) is 6.72. The number of piperidine rings is 1. The van der Waals surface area contributed by atoms with Gasteiger partial charge in [-0.25, -0.2) is 4.39 Å². The van der Waals surface area contributed by atoms with Crippen LogP contribution < -0.4 is 10.2 Å². The van der Waals surface area contributed by atoms with E-state index >= 15 is 0 Å². The van der Waals surface area contributed by atoms with Gasteiger partial charge in [0.05, 0.1) is 12.5 Å². The first kappa shape index (κ1) is 22.5. The molecule has 0 bridgehead atoms. The average molecular weight is 464 g/mol. The number of halogens is 1. The minimum atomic E-state index is -0.300. The maximum atomic E-state index is 13.2. The number of amides is 1. The van der Waals surface area contributed by atoms with Gasteiger partial charge in [-0.2, -0.15) is 4.98 Å². The van der Waals surface area contributed by atoms with Gasteiger partial charge in [-0.05, 0) is 87.2 Å².